The van der Waals surface area contributed by atoms with E-state index >= 15 is 0 Å². The van der Waals surface area contributed by atoms with Gasteiger partial charge in [-0.05, 0) is 24.3 Å². The minimum absolute atomic E-state index is 0.140. The fourth-order valence-electron chi connectivity index (χ4n) is 2.95. The maximum absolute atomic E-state index is 12.2. The topological polar surface area (TPSA) is 82.7 Å². The van der Waals surface area contributed by atoms with Crippen molar-refractivity contribution in [2.75, 3.05) is 13.2 Å². The van der Waals surface area contributed by atoms with Crippen molar-refractivity contribution in [3.8, 4) is 11.5 Å². The molecular formula is C19H17ClN2O5. The Morgan fingerprint density at radius 1 is 1.22 bits per heavy atom. The number of fused-ring (bicyclic) bond motifs is 2. The van der Waals surface area contributed by atoms with Crippen LogP contribution in [0.1, 0.15) is 6.42 Å². The molecule has 8 heteroatoms. The molecule has 1 atom stereocenters. The molecule has 7 nitrogen and oxygen atoms in total. The van der Waals surface area contributed by atoms with E-state index in [0.717, 1.165) is 0 Å². The van der Waals surface area contributed by atoms with E-state index in [0.29, 0.717) is 40.8 Å². The second-order valence-electron chi connectivity index (χ2n) is 6.18. The maximum atomic E-state index is 12.2. The lowest BCUT2D eigenvalue weighted by atomic mass is 10.2. The van der Waals surface area contributed by atoms with E-state index in [-0.39, 0.29) is 25.0 Å². The lowest BCUT2D eigenvalue weighted by Gasteiger charge is -2.26. The smallest absolute Gasteiger partial charge is 0.419 e. The zero-order valence-electron chi connectivity index (χ0n) is 14.3. The van der Waals surface area contributed by atoms with Crippen molar-refractivity contribution in [3.05, 3.63) is 58.0 Å². The summed E-state index contributed by atoms with van der Waals surface area (Å²) in [6.07, 6.45) is -0.120. The Labute approximate surface area is 159 Å². The van der Waals surface area contributed by atoms with Crippen molar-refractivity contribution in [2.24, 2.45) is 0 Å². The number of rotatable bonds is 5. The molecule has 1 aliphatic rings. The number of ether oxygens (including phenoxy) is 2. The summed E-state index contributed by atoms with van der Waals surface area (Å²) < 4.78 is 18.0. The van der Waals surface area contributed by atoms with Crippen molar-refractivity contribution in [2.45, 2.75) is 19.1 Å². The van der Waals surface area contributed by atoms with Crippen LogP contribution in [0.15, 0.2) is 51.7 Å². The number of aryl methyl sites for hydroxylation is 1. The zero-order valence-corrected chi connectivity index (χ0v) is 15.1. The van der Waals surface area contributed by atoms with E-state index in [4.69, 9.17) is 25.5 Å². The average molecular weight is 389 g/mol. The first-order valence-electron chi connectivity index (χ1n) is 8.54. The first-order chi connectivity index (χ1) is 13.1. The number of carbonyl (C=O) groups is 1. The lowest BCUT2D eigenvalue weighted by molar-refractivity contribution is -0.121. The molecule has 3 aromatic rings. The molecule has 2 heterocycles. The van der Waals surface area contributed by atoms with Crippen molar-refractivity contribution in [3.63, 3.8) is 0 Å². The third kappa shape index (κ3) is 3.78. The molecule has 0 saturated carbocycles. The lowest BCUT2D eigenvalue weighted by Crippen LogP contribution is -2.41. The minimum Gasteiger partial charge on any atom is -0.486 e. The van der Waals surface area contributed by atoms with Gasteiger partial charge < -0.3 is 19.2 Å². The number of benzene rings is 2. The number of para-hydroxylation sites is 2. The Kier molecular flexibility index (Phi) is 4.77. The van der Waals surface area contributed by atoms with Crippen molar-refractivity contribution >= 4 is 28.6 Å². The molecule has 0 fully saturated rings. The molecule has 1 N–H and O–H groups in total. The molecule has 1 unspecified atom stereocenters. The van der Waals surface area contributed by atoms with Gasteiger partial charge in [0.05, 0.1) is 12.1 Å². The van der Waals surface area contributed by atoms with Crippen LogP contribution in [0.25, 0.3) is 11.1 Å². The molecule has 0 radical (unpaired) electrons. The Hall–Kier alpha value is -2.93. The summed E-state index contributed by atoms with van der Waals surface area (Å²) in [6.45, 7) is 0.901. The second-order valence-corrected chi connectivity index (χ2v) is 6.62. The van der Waals surface area contributed by atoms with Gasteiger partial charge in [-0.3, -0.25) is 9.36 Å². The Balaban J connectivity index is 1.32. The molecule has 0 spiro atoms. The van der Waals surface area contributed by atoms with Gasteiger partial charge in [-0.1, -0.05) is 23.7 Å². The van der Waals surface area contributed by atoms with Crippen LogP contribution >= 0.6 is 11.6 Å². The van der Waals surface area contributed by atoms with Gasteiger partial charge in [0.15, 0.2) is 17.1 Å². The standard InChI is InChI=1S/C19H17ClN2O5/c20-12-5-6-14-17(9-12)27-19(24)22(14)8-7-18(23)21-10-13-11-25-15-3-1-2-4-16(15)26-13/h1-6,9,13H,7-8,10-11H2,(H,21,23). The summed E-state index contributed by atoms with van der Waals surface area (Å²) in [5.74, 6) is 0.665. The highest BCUT2D eigenvalue weighted by Gasteiger charge is 2.21. The van der Waals surface area contributed by atoms with Gasteiger partial charge in [-0.15, -0.1) is 0 Å². The van der Waals surface area contributed by atoms with Crippen LogP contribution in [-0.2, 0) is 11.3 Å². The minimum atomic E-state index is -0.513. The molecular weight excluding hydrogens is 372 g/mol. The van der Waals surface area contributed by atoms with E-state index in [2.05, 4.69) is 5.32 Å². The van der Waals surface area contributed by atoms with Crippen LogP contribution in [0.5, 0.6) is 11.5 Å². The van der Waals surface area contributed by atoms with Crippen molar-refractivity contribution in [1.82, 2.24) is 9.88 Å². The SMILES string of the molecule is O=C(CCn1c(=O)oc2cc(Cl)ccc21)NCC1COc2ccccc2O1. The number of carbonyl (C=O) groups excluding carboxylic acids is 1. The Morgan fingerprint density at radius 2 is 2.04 bits per heavy atom. The Bertz CT molecular complexity index is 1040. The molecule has 1 amide bonds. The molecule has 0 bridgehead atoms. The third-order valence-corrected chi connectivity index (χ3v) is 4.52. The van der Waals surface area contributed by atoms with E-state index in [1.807, 2.05) is 24.3 Å². The van der Waals surface area contributed by atoms with E-state index in [1.54, 1.807) is 18.2 Å². The highest BCUT2D eigenvalue weighted by molar-refractivity contribution is 6.31. The van der Waals surface area contributed by atoms with Crippen LogP contribution in [0.3, 0.4) is 0 Å². The average Bonchev–Trinajstić information content (AvgIpc) is 2.98. The molecule has 4 rings (SSSR count). The van der Waals surface area contributed by atoms with E-state index < -0.39 is 5.76 Å². The van der Waals surface area contributed by atoms with Crippen LogP contribution in [0, 0.1) is 0 Å². The molecule has 27 heavy (non-hydrogen) atoms. The summed E-state index contributed by atoms with van der Waals surface area (Å²) in [7, 11) is 0. The van der Waals surface area contributed by atoms with Gasteiger partial charge in [0.1, 0.15) is 12.7 Å². The fourth-order valence-corrected chi connectivity index (χ4v) is 3.11. The third-order valence-electron chi connectivity index (χ3n) is 4.29. The predicted molar refractivity (Wildman–Crippen MR) is 99.5 cm³/mol. The van der Waals surface area contributed by atoms with Gasteiger partial charge in [-0.2, -0.15) is 0 Å². The first-order valence-corrected chi connectivity index (χ1v) is 8.92. The molecule has 2 aromatic carbocycles. The summed E-state index contributed by atoms with van der Waals surface area (Å²) in [6, 6.07) is 12.4. The van der Waals surface area contributed by atoms with Gasteiger partial charge in [0.25, 0.3) is 0 Å². The van der Waals surface area contributed by atoms with Crippen LogP contribution in [0.4, 0.5) is 0 Å². The number of hydrogen-bond donors (Lipinski definition) is 1. The molecule has 0 saturated heterocycles. The number of nitrogens with zero attached hydrogens (tertiary/aromatic N) is 1. The van der Waals surface area contributed by atoms with Gasteiger partial charge in [0, 0.05) is 24.1 Å². The summed E-state index contributed by atoms with van der Waals surface area (Å²) in [5.41, 5.74) is 1.01. The maximum Gasteiger partial charge on any atom is 0.419 e. The van der Waals surface area contributed by atoms with Gasteiger partial charge in [0.2, 0.25) is 5.91 Å². The highest BCUT2D eigenvalue weighted by atomic mass is 35.5. The fraction of sp³-hybridized carbons (Fsp3) is 0.263. The number of hydrogen-bond acceptors (Lipinski definition) is 5. The van der Waals surface area contributed by atoms with Crippen LogP contribution in [0.2, 0.25) is 5.02 Å². The van der Waals surface area contributed by atoms with Gasteiger partial charge >= 0.3 is 5.76 Å². The largest absolute Gasteiger partial charge is 0.486 e. The number of oxazole rings is 1. The zero-order chi connectivity index (χ0) is 18.8. The summed E-state index contributed by atoms with van der Waals surface area (Å²) in [4.78, 5) is 24.1. The number of nitrogens with one attached hydrogen (secondary N) is 1. The van der Waals surface area contributed by atoms with E-state index in [1.165, 1.54) is 4.57 Å². The number of aromatic nitrogens is 1. The monoisotopic (exact) mass is 388 g/mol. The molecule has 1 aliphatic heterocycles. The first kappa shape index (κ1) is 17.5. The molecule has 140 valence electrons. The summed E-state index contributed by atoms with van der Waals surface area (Å²) >= 11 is 5.90. The van der Waals surface area contributed by atoms with Crippen LogP contribution < -0.4 is 20.5 Å². The van der Waals surface area contributed by atoms with Crippen molar-refractivity contribution in [1.29, 1.82) is 0 Å². The predicted octanol–water partition coefficient (Wildman–Crippen LogP) is 2.59. The van der Waals surface area contributed by atoms with Crippen molar-refractivity contribution < 1.29 is 18.7 Å². The quantitative estimate of drug-likeness (QED) is 0.726. The highest BCUT2D eigenvalue weighted by Crippen LogP contribution is 2.30. The number of amides is 1. The summed E-state index contributed by atoms with van der Waals surface area (Å²) in [5, 5.41) is 3.29. The van der Waals surface area contributed by atoms with E-state index in [9.17, 15) is 9.59 Å². The molecule has 0 aliphatic carbocycles. The second kappa shape index (κ2) is 7.36. The van der Waals surface area contributed by atoms with Gasteiger partial charge in [-0.25, -0.2) is 4.79 Å². The Morgan fingerprint density at radius 3 is 2.89 bits per heavy atom. The number of halogens is 1. The molecule has 1 aromatic heterocycles. The van der Waals surface area contributed by atoms with Crippen LogP contribution in [-0.4, -0.2) is 29.7 Å². The normalized spacial score (nSPS) is 15.7.